The molecule has 0 saturated heterocycles. The SMILES string of the molecule is O=C(c1ccn[nH]1)N(CC(O)c1ccc(F)cc1)C1CC1. The maximum atomic E-state index is 12.9. The van der Waals surface area contributed by atoms with Crippen LogP contribution in [0.5, 0.6) is 0 Å². The van der Waals surface area contributed by atoms with Crippen molar-refractivity contribution in [1.82, 2.24) is 15.1 Å². The Balaban J connectivity index is 1.73. The minimum atomic E-state index is -0.835. The van der Waals surface area contributed by atoms with E-state index < -0.39 is 6.10 Å². The number of halogens is 1. The van der Waals surface area contributed by atoms with Gasteiger partial charge in [0.05, 0.1) is 12.6 Å². The largest absolute Gasteiger partial charge is 0.387 e. The van der Waals surface area contributed by atoms with Crippen molar-refractivity contribution in [3.05, 3.63) is 53.6 Å². The summed E-state index contributed by atoms with van der Waals surface area (Å²) in [5.41, 5.74) is 1.01. The molecule has 0 aliphatic heterocycles. The lowest BCUT2D eigenvalue weighted by Gasteiger charge is -2.25. The Morgan fingerprint density at radius 1 is 1.38 bits per heavy atom. The minimum Gasteiger partial charge on any atom is -0.387 e. The number of aromatic amines is 1. The molecule has 110 valence electrons. The van der Waals surface area contributed by atoms with Crippen LogP contribution >= 0.6 is 0 Å². The predicted molar refractivity (Wildman–Crippen MR) is 74.0 cm³/mol. The number of carbonyl (C=O) groups excluding carboxylic acids is 1. The molecule has 2 aromatic rings. The lowest BCUT2D eigenvalue weighted by Crippen LogP contribution is -2.36. The number of nitrogens with zero attached hydrogens (tertiary/aromatic N) is 2. The zero-order valence-corrected chi connectivity index (χ0v) is 11.4. The van der Waals surface area contributed by atoms with Crippen LogP contribution in [0.2, 0.25) is 0 Å². The van der Waals surface area contributed by atoms with E-state index in [-0.39, 0.29) is 24.3 Å². The van der Waals surface area contributed by atoms with Gasteiger partial charge >= 0.3 is 0 Å². The van der Waals surface area contributed by atoms with Crippen molar-refractivity contribution in [3.63, 3.8) is 0 Å². The molecule has 1 unspecified atom stereocenters. The fourth-order valence-electron chi connectivity index (χ4n) is 2.29. The molecule has 0 spiro atoms. The Morgan fingerprint density at radius 3 is 2.67 bits per heavy atom. The normalized spacial score (nSPS) is 15.7. The topological polar surface area (TPSA) is 69.2 Å². The molecule has 2 N–H and O–H groups in total. The van der Waals surface area contributed by atoms with Crippen LogP contribution in [0, 0.1) is 5.82 Å². The molecular formula is C15H16FN3O2. The first kappa shape index (κ1) is 13.8. The van der Waals surface area contributed by atoms with Crippen LogP contribution in [0.15, 0.2) is 36.5 Å². The molecule has 1 heterocycles. The Morgan fingerprint density at radius 2 is 2.10 bits per heavy atom. The Kier molecular flexibility index (Phi) is 3.70. The highest BCUT2D eigenvalue weighted by Crippen LogP contribution is 2.30. The number of benzene rings is 1. The number of hydrogen-bond donors (Lipinski definition) is 2. The van der Waals surface area contributed by atoms with Gasteiger partial charge in [-0.15, -0.1) is 0 Å². The smallest absolute Gasteiger partial charge is 0.272 e. The van der Waals surface area contributed by atoms with E-state index in [4.69, 9.17) is 0 Å². The fourth-order valence-corrected chi connectivity index (χ4v) is 2.29. The number of rotatable bonds is 5. The molecule has 1 aliphatic rings. The molecule has 0 bridgehead atoms. The zero-order chi connectivity index (χ0) is 14.8. The number of aromatic nitrogens is 2. The fraction of sp³-hybridized carbons (Fsp3) is 0.333. The maximum Gasteiger partial charge on any atom is 0.272 e. The summed E-state index contributed by atoms with van der Waals surface area (Å²) in [4.78, 5) is 14.0. The quantitative estimate of drug-likeness (QED) is 0.883. The summed E-state index contributed by atoms with van der Waals surface area (Å²) in [6.07, 6.45) is 2.57. The molecule has 1 atom stereocenters. The Labute approximate surface area is 121 Å². The summed E-state index contributed by atoms with van der Waals surface area (Å²) < 4.78 is 12.9. The van der Waals surface area contributed by atoms with E-state index in [0.717, 1.165) is 12.8 Å². The third kappa shape index (κ3) is 3.11. The molecule has 0 radical (unpaired) electrons. The average molecular weight is 289 g/mol. The summed E-state index contributed by atoms with van der Waals surface area (Å²) in [6, 6.07) is 7.45. The highest BCUT2D eigenvalue weighted by molar-refractivity contribution is 5.92. The first-order valence-corrected chi connectivity index (χ1v) is 6.89. The summed E-state index contributed by atoms with van der Waals surface area (Å²) in [5.74, 6) is -0.519. The molecular weight excluding hydrogens is 273 g/mol. The van der Waals surface area contributed by atoms with Crippen molar-refractivity contribution in [2.45, 2.75) is 25.0 Å². The van der Waals surface area contributed by atoms with Crippen LogP contribution in [-0.4, -0.2) is 38.7 Å². The van der Waals surface area contributed by atoms with Crippen LogP contribution in [0.25, 0.3) is 0 Å². The maximum absolute atomic E-state index is 12.9. The number of hydrogen-bond acceptors (Lipinski definition) is 3. The third-order valence-corrected chi connectivity index (χ3v) is 3.60. The standard InChI is InChI=1S/C15H16FN3O2/c16-11-3-1-10(2-4-11)14(20)9-19(12-5-6-12)15(21)13-7-8-17-18-13/h1-4,7-8,12,14,20H,5-6,9H2,(H,17,18). The minimum absolute atomic E-state index is 0.163. The molecule has 1 fully saturated rings. The molecule has 1 aromatic heterocycles. The van der Waals surface area contributed by atoms with Crippen molar-refractivity contribution in [2.24, 2.45) is 0 Å². The van der Waals surface area contributed by atoms with Crippen molar-refractivity contribution in [1.29, 1.82) is 0 Å². The van der Waals surface area contributed by atoms with Crippen molar-refractivity contribution in [3.8, 4) is 0 Å². The number of nitrogens with one attached hydrogen (secondary N) is 1. The predicted octanol–water partition coefficient (Wildman–Crippen LogP) is 1.89. The van der Waals surface area contributed by atoms with E-state index in [9.17, 15) is 14.3 Å². The molecule has 3 rings (SSSR count). The van der Waals surface area contributed by atoms with Crippen LogP contribution in [0.3, 0.4) is 0 Å². The summed E-state index contributed by atoms with van der Waals surface area (Å²) in [6.45, 7) is 0.189. The number of carbonyl (C=O) groups is 1. The van der Waals surface area contributed by atoms with Crippen LogP contribution in [0.1, 0.15) is 35.0 Å². The van der Waals surface area contributed by atoms with E-state index in [1.165, 1.54) is 30.5 Å². The van der Waals surface area contributed by atoms with Gasteiger partial charge in [-0.3, -0.25) is 9.89 Å². The van der Waals surface area contributed by atoms with Gasteiger partial charge in [0.15, 0.2) is 0 Å². The first-order valence-electron chi connectivity index (χ1n) is 6.89. The highest BCUT2D eigenvalue weighted by Gasteiger charge is 2.34. The van der Waals surface area contributed by atoms with Gasteiger partial charge in [-0.1, -0.05) is 12.1 Å². The zero-order valence-electron chi connectivity index (χ0n) is 11.4. The van der Waals surface area contributed by atoms with E-state index in [1.54, 1.807) is 11.0 Å². The molecule has 1 amide bonds. The van der Waals surface area contributed by atoms with Gasteiger partial charge < -0.3 is 10.0 Å². The van der Waals surface area contributed by atoms with Gasteiger partial charge in [0.1, 0.15) is 11.5 Å². The number of H-pyrrole nitrogens is 1. The lowest BCUT2D eigenvalue weighted by molar-refractivity contribution is 0.0597. The van der Waals surface area contributed by atoms with Gasteiger partial charge in [0.2, 0.25) is 0 Å². The van der Waals surface area contributed by atoms with Crippen LogP contribution in [-0.2, 0) is 0 Å². The molecule has 1 saturated carbocycles. The Bertz CT molecular complexity index is 608. The number of aliphatic hydroxyl groups excluding tert-OH is 1. The van der Waals surface area contributed by atoms with Gasteiger partial charge in [-0.25, -0.2) is 4.39 Å². The second kappa shape index (κ2) is 5.65. The summed E-state index contributed by atoms with van der Waals surface area (Å²) in [5, 5.41) is 16.7. The van der Waals surface area contributed by atoms with Crippen molar-refractivity contribution < 1.29 is 14.3 Å². The first-order chi connectivity index (χ1) is 10.1. The Hall–Kier alpha value is -2.21. The van der Waals surface area contributed by atoms with Gasteiger partial charge in [-0.05, 0) is 36.6 Å². The van der Waals surface area contributed by atoms with Gasteiger partial charge in [0, 0.05) is 12.2 Å². The van der Waals surface area contributed by atoms with E-state index in [0.29, 0.717) is 11.3 Å². The van der Waals surface area contributed by atoms with Gasteiger partial charge in [0.25, 0.3) is 5.91 Å². The summed E-state index contributed by atoms with van der Waals surface area (Å²) >= 11 is 0. The monoisotopic (exact) mass is 289 g/mol. The van der Waals surface area contributed by atoms with E-state index in [2.05, 4.69) is 10.2 Å². The van der Waals surface area contributed by atoms with E-state index in [1.807, 2.05) is 0 Å². The lowest BCUT2D eigenvalue weighted by atomic mass is 10.1. The van der Waals surface area contributed by atoms with Crippen molar-refractivity contribution >= 4 is 5.91 Å². The third-order valence-electron chi connectivity index (χ3n) is 3.60. The molecule has 21 heavy (non-hydrogen) atoms. The molecule has 6 heteroatoms. The van der Waals surface area contributed by atoms with E-state index >= 15 is 0 Å². The molecule has 1 aliphatic carbocycles. The average Bonchev–Trinajstić information content (AvgIpc) is 3.18. The molecule has 5 nitrogen and oxygen atoms in total. The number of amides is 1. The highest BCUT2D eigenvalue weighted by atomic mass is 19.1. The van der Waals surface area contributed by atoms with Crippen LogP contribution < -0.4 is 0 Å². The van der Waals surface area contributed by atoms with Crippen molar-refractivity contribution in [2.75, 3.05) is 6.54 Å². The number of aliphatic hydroxyl groups is 1. The van der Waals surface area contributed by atoms with Crippen LogP contribution in [0.4, 0.5) is 4.39 Å². The second-order valence-corrected chi connectivity index (χ2v) is 5.23. The summed E-state index contributed by atoms with van der Waals surface area (Å²) in [7, 11) is 0. The molecule has 1 aromatic carbocycles. The second-order valence-electron chi connectivity index (χ2n) is 5.23. The van der Waals surface area contributed by atoms with Gasteiger partial charge in [-0.2, -0.15) is 5.10 Å².